The second kappa shape index (κ2) is 4.72. The molecule has 2 atom stereocenters. The fraction of sp³-hybridized carbons (Fsp3) is 0.438. The van der Waals surface area contributed by atoms with Crippen LogP contribution in [0.1, 0.15) is 36.3 Å². The molecule has 0 aromatic heterocycles. The van der Waals surface area contributed by atoms with Crippen molar-refractivity contribution in [1.82, 2.24) is 0 Å². The highest BCUT2D eigenvalue weighted by molar-refractivity contribution is 5.80. The van der Waals surface area contributed by atoms with E-state index in [1.807, 2.05) is 6.07 Å². The van der Waals surface area contributed by atoms with Crippen LogP contribution in [0.4, 0.5) is 0 Å². The van der Waals surface area contributed by atoms with Gasteiger partial charge in [0.2, 0.25) is 0 Å². The number of fused-ring (bicyclic) bond motifs is 3. The van der Waals surface area contributed by atoms with Crippen molar-refractivity contribution in [2.75, 3.05) is 6.61 Å². The Morgan fingerprint density at radius 3 is 3.11 bits per heavy atom. The minimum Gasteiger partial charge on any atom is -0.508 e. The zero-order valence-electron chi connectivity index (χ0n) is 10.9. The van der Waals surface area contributed by atoms with Crippen LogP contribution in [0.5, 0.6) is 11.5 Å². The second-order valence-electron chi connectivity index (χ2n) is 5.48. The summed E-state index contributed by atoms with van der Waals surface area (Å²) in [5, 5.41) is 10.3. The first-order valence-corrected chi connectivity index (χ1v) is 6.80. The normalized spacial score (nSPS) is 25.2. The Morgan fingerprint density at radius 1 is 1.47 bits per heavy atom. The van der Waals surface area contributed by atoms with Crippen LogP contribution in [0.15, 0.2) is 24.8 Å². The Hall–Kier alpha value is -1.77. The molecule has 0 amide bonds. The number of rotatable bonds is 2. The van der Waals surface area contributed by atoms with Crippen molar-refractivity contribution in [1.29, 1.82) is 0 Å². The number of carbonyl (C=O) groups excluding carboxylic acids is 1. The third-order valence-electron chi connectivity index (χ3n) is 4.19. The molecule has 2 unspecified atom stereocenters. The summed E-state index contributed by atoms with van der Waals surface area (Å²) in [6, 6.07) is 3.73. The first kappa shape index (κ1) is 12.3. The molecule has 1 aliphatic carbocycles. The minimum atomic E-state index is 0.128. The van der Waals surface area contributed by atoms with E-state index < -0.39 is 0 Å². The maximum absolute atomic E-state index is 11.7. The van der Waals surface area contributed by atoms with Crippen LogP contribution < -0.4 is 4.74 Å². The molecule has 1 aromatic carbocycles. The van der Waals surface area contributed by atoms with Crippen molar-refractivity contribution in [3.63, 3.8) is 0 Å². The number of phenolic OH excluding ortho intramolecular Hbond substituents is 1. The lowest BCUT2D eigenvalue weighted by atomic mass is 9.73. The summed E-state index contributed by atoms with van der Waals surface area (Å²) < 4.78 is 5.79. The Bertz CT molecular complexity index is 533. The first-order chi connectivity index (χ1) is 9.19. The van der Waals surface area contributed by atoms with Crippen molar-refractivity contribution >= 4 is 5.78 Å². The highest BCUT2D eigenvalue weighted by Gasteiger charge is 2.37. The Kier molecular flexibility index (Phi) is 3.05. The number of aromatic hydroxyl groups is 1. The van der Waals surface area contributed by atoms with Crippen LogP contribution in [0.2, 0.25) is 0 Å². The minimum absolute atomic E-state index is 0.128. The second-order valence-corrected chi connectivity index (χ2v) is 5.48. The smallest absolute Gasteiger partial charge is 0.133 e. The summed E-state index contributed by atoms with van der Waals surface area (Å²) in [5.41, 5.74) is 1.82. The fourth-order valence-corrected chi connectivity index (χ4v) is 3.24. The van der Waals surface area contributed by atoms with Crippen molar-refractivity contribution in [2.24, 2.45) is 5.92 Å². The van der Waals surface area contributed by atoms with Crippen LogP contribution >= 0.6 is 0 Å². The molecule has 19 heavy (non-hydrogen) atoms. The average Bonchev–Trinajstić information content (AvgIpc) is 2.38. The monoisotopic (exact) mass is 258 g/mol. The molecule has 0 bridgehead atoms. The zero-order chi connectivity index (χ0) is 13.4. The van der Waals surface area contributed by atoms with Crippen molar-refractivity contribution in [2.45, 2.75) is 31.6 Å². The maximum Gasteiger partial charge on any atom is 0.133 e. The van der Waals surface area contributed by atoms with Crippen LogP contribution in [0, 0.1) is 5.92 Å². The molecule has 2 aliphatic rings. The summed E-state index contributed by atoms with van der Waals surface area (Å²) in [4.78, 5) is 11.7. The van der Waals surface area contributed by atoms with Gasteiger partial charge in [0, 0.05) is 30.2 Å². The first-order valence-electron chi connectivity index (χ1n) is 6.80. The lowest BCUT2D eigenvalue weighted by Gasteiger charge is -2.36. The quantitative estimate of drug-likeness (QED) is 0.829. The van der Waals surface area contributed by atoms with E-state index in [2.05, 4.69) is 6.58 Å². The Balaban J connectivity index is 2.02. The maximum atomic E-state index is 11.7. The average molecular weight is 258 g/mol. The number of carbonyl (C=O) groups is 1. The molecule has 1 aliphatic heterocycles. The van der Waals surface area contributed by atoms with E-state index in [0.29, 0.717) is 37.6 Å². The number of hydrogen-bond donors (Lipinski definition) is 1. The number of allylic oxidation sites excluding steroid dienone is 1. The van der Waals surface area contributed by atoms with Gasteiger partial charge in [-0.3, -0.25) is 4.79 Å². The van der Waals surface area contributed by atoms with Crippen molar-refractivity contribution in [3.8, 4) is 11.5 Å². The predicted octanol–water partition coefficient (Wildman–Crippen LogP) is 2.97. The number of hydrogen-bond acceptors (Lipinski definition) is 3. The molecule has 0 radical (unpaired) electrons. The van der Waals surface area contributed by atoms with Gasteiger partial charge in [0.1, 0.15) is 17.3 Å². The van der Waals surface area contributed by atoms with Gasteiger partial charge in [-0.15, -0.1) is 6.58 Å². The van der Waals surface area contributed by atoms with Gasteiger partial charge in [0.15, 0.2) is 0 Å². The zero-order valence-corrected chi connectivity index (χ0v) is 10.9. The molecule has 1 N–H and O–H groups in total. The highest BCUT2D eigenvalue weighted by Crippen LogP contribution is 2.48. The van der Waals surface area contributed by atoms with Crippen molar-refractivity contribution in [3.05, 3.63) is 35.9 Å². The molecule has 3 heteroatoms. The number of ketones is 1. The van der Waals surface area contributed by atoms with Crippen LogP contribution in [0.25, 0.3) is 0 Å². The Morgan fingerprint density at radius 2 is 2.32 bits per heavy atom. The van der Waals surface area contributed by atoms with Gasteiger partial charge < -0.3 is 9.84 Å². The van der Waals surface area contributed by atoms with Crippen LogP contribution in [0.3, 0.4) is 0 Å². The van der Waals surface area contributed by atoms with Gasteiger partial charge in [0.25, 0.3) is 0 Å². The number of Topliss-reactive ketones (excluding diaryl/α,β-unsaturated/α-hetero) is 1. The van der Waals surface area contributed by atoms with Gasteiger partial charge in [-0.1, -0.05) is 6.08 Å². The van der Waals surface area contributed by atoms with E-state index in [1.54, 1.807) is 12.1 Å². The molecule has 0 saturated heterocycles. The fourth-order valence-electron chi connectivity index (χ4n) is 3.24. The summed E-state index contributed by atoms with van der Waals surface area (Å²) in [7, 11) is 0. The third-order valence-corrected chi connectivity index (χ3v) is 4.19. The molecule has 1 saturated carbocycles. The molecule has 0 spiro atoms. The van der Waals surface area contributed by atoms with E-state index in [4.69, 9.17) is 4.74 Å². The topological polar surface area (TPSA) is 46.5 Å². The van der Waals surface area contributed by atoms with Gasteiger partial charge in [-0.2, -0.15) is 0 Å². The molecular formula is C16H18O3. The molecule has 3 rings (SSSR count). The lowest BCUT2D eigenvalue weighted by Crippen LogP contribution is -2.32. The van der Waals surface area contributed by atoms with E-state index in [9.17, 15) is 9.90 Å². The van der Waals surface area contributed by atoms with E-state index in [1.165, 1.54) is 0 Å². The molecule has 1 fully saturated rings. The van der Waals surface area contributed by atoms with E-state index in [0.717, 1.165) is 23.3 Å². The van der Waals surface area contributed by atoms with Gasteiger partial charge in [-0.05, 0) is 30.5 Å². The van der Waals surface area contributed by atoms with Crippen molar-refractivity contribution < 1.29 is 14.6 Å². The van der Waals surface area contributed by atoms with Gasteiger partial charge >= 0.3 is 0 Å². The largest absolute Gasteiger partial charge is 0.508 e. The summed E-state index contributed by atoms with van der Waals surface area (Å²) in [6.45, 7) is 4.36. The third kappa shape index (κ3) is 2.14. The molecule has 1 heterocycles. The SMILES string of the molecule is C=CCc1cc(O)c2c(c1)OCC1CCC(=O)CC21. The van der Waals surface area contributed by atoms with E-state index >= 15 is 0 Å². The Labute approximate surface area is 112 Å². The van der Waals surface area contributed by atoms with Crippen LogP contribution in [-0.2, 0) is 11.2 Å². The molecule has 3 nitrogen and oxygen atoms in total. The predicted molar refractivity (Wildman–Crippen MR) is 72.6 cm³/mol. The number of benzene rings is 1. The summed E-state index contributed by atoms with van der Waals surface area (Å²) >= 11 is 0. The highest BCUT2D eigenvalue weighted by atomic mass is 16.5. The lowest BCUT2D eigenvalue weighted by molar-refractivity contribution is -0.122. The summed E-state index contributed by atoms with van der Waals surface area (Å²) in [6.07, 6.45) is 4.56. The van der Waals surface area contributed by atoms with E-state index in [-0.39, 0.29) is 11.7 Å². The molecule has 100 valence electrons. The van der Waals surface area contributed by atoms with Gasteiger partial charge in [-0.25, -0.2) is 0 Å². The number of phenols is 1. The van der Waals surface area contributed by atoms with Gasteiger partial charge in [0.05, 0.1) is 6.61 Å². The molecular weight excluding hydrogens is 240 g/mol. The van der Waals surface area contributed by atoms with Crippen LogP contribution in [-0.4, -0.2) is 17.5 Å². The molecule has 1 aromatic rings. The standard InChI is InChI=1S/C16H18O3/c1-2-3-10-6-14(18)16-13-8-12(17)5-4-11(13)9-19-15(16)7-10/h2,6-7,11,13,18H,1,3-5,8-9H2. The summed E-state index contributed by atoms with van der Waals surface area (Å²) in [5.74, 6) is 1.79. The number of ether oxygens (including phenoxy) is 1.